The fourth-order valence-electron chi connectivity index (χ4n) is 1.16. The number of halogens is 2. The van der Waals surface area contributed by atoms with E-state index >= 15 is 0 Å². The quantitative estimate of drug-likeness (QED) is 0.626. The lowest BCUT2D eigenvalue weighted by Gasteiger charge is -2.11. The highest BCUT2D eigenvalue weighted by Gasteiger charge is 2.23. The SMILES string of the molecule is NC(=O)C[C@H](NC(=O)c1cc(Cl)c(Cl)[nH]1)C(=O)O. The van der Waals surface area contributed by atoms with Crippen molar-refractivity contribution in [2.75, 3.05) is 0 Å². The Bertz CT molecular complexity index is 481. The molecule has 0 spiro atoms. The van der Waals surface area contributed by atoms with Crippen LogP contribution >= 0.6 is 23.2 Å². The molecule has 0 aliphatic heterocycles. The highest BCUT2D eigenvalue weighted by Crippen LogP contribution is 2.21. The molecule has 7 nitrogen and oxygen atoms in total. The van der Waals surface area contributed by atoms with Gasteiger partial charge in [-0.05, 0) is 6.07 Å². The Morgan fingerprint density at radius 1 is 1.44 bits per heavy atom. The van der Waals surface area contributed by atoms with Gasteiger partial charge in [-0.3, -0.25) is 9.59 Å². The smallest absolute Gasteiger partial charge is 0.326 e. The van der Waals surface area contributed by atoms with Crippen LogP contribution < -0.4 is 11.1 Å². The van der Waals surface area contributed by atoms with E-state index in [1.54, 1.807) is 0 Å². The molecule has 5 N–H and O–H groups in total. The van der Waals surface area contributed by atoms with E-state index in [0.29, 0.717) is 0 Å². The van der Waals surface area contributed by atoms with E-state index < -0.39 is 30.2 Å². The molecule has 18 heavy (non-hydrogen) atoms. The molecule has 2 amide bonds. The first-order chi connectivity index (χ1) is 8.31. The molecule has 1 aromatic heterocycles. The van der Waals surface area contributed by atoms with Crippen molar-refractivity contribution in [3.05, 3.63) is 21.9 Å². The van der Waals surface area contributed by atoms with Gasteiger partial charge in [0.15, 0.2) is 0 Å². The van der Waals surface area contributed by atoms with Crippen molar-refractivity contribution in [2.24, 2.45) is 5.73 Å². The van der Waals surface area contributed by atoms with Gasteiger partial charge in [0.05, 0.1) is 11.4 Å². The van der Waals surface area contributed by atoms with Crippen LogP contribution in [0.5, 0.6) is 0 Å². The summed E-state index contributed by atoms with van der Waals surface area (Å²) in [4.78, 5) is 35.5. The summed E-state index contributed by atoms with van der Waals surface area (Å²) in [6.07, 6.45) is -0.511. The first-order valence-corrected chi connectivity index (χ1v) is 5.43. The Balaban J connectivity index is 2.78. The van der Waals surface area contributed by atoms with E-state index in [4.69, 9.17) is 34.0 Å². The maximum absolute atomic E-state index is 11.6. The number of H-pyrrole nitrogens is 1. The standard InChI is InChI=1S/C9H9Cl2N3O4/c10-3-1-4(13-7(3)11)8(16)14-5(9(17)18)2-6(12)15/h1,5,13H,2H2,(H2,12,15)(H,14,16)(H,17,18)/t5-/m0/s1. The largest absolute Gasteiger partial charge is 0.480 e. The van der Waals surface area contributed by atoms with Gasteiger partial charge in [-0.1, -0.05) is 23.2 Å². The molecule has 0 radical (unpaired) electrons. The predicted molar refractivity (Wildman–Crippen MR) is 63.5 cm³/mol. The minimum absolute atomic E-state index is 0.0132. The van der Waals surface area contributed by atoms with E-state index in [0.717, 1.165) is 0 Å². The first kappa shape index (κ1) is 14.3. The van der Waals surface area contributed by atoms with E-state index in [9.17, 15) is 14.4 Å². The predicted octanol–water partition coefficient (Wildman–Crippen LogP) is 0.380. The third-order valence-corrected chi connectivity index (χ3v) is 2.67. The zero-order valence-corrected chi connectivity index (χ0v) is 10.4. The van der Waals surface area contributed by atoms with Crippen LogP contribution in [0.4, 0.5) is 0 Å². The number of carbonyl (C=O) groups is 3. The third kappa shape index (κ3) is 3.64. The van der Waals surface area contributed by atoms with Crippen molar-refractivity contribution >= 4 is 41.0 Å². The normalized spacial score (nSPS) is 11.9. The highest BCUT2D eigenvalue weighted by atomic mass is 35.5. The molecule has 0 saturated heterocycles. The molecule has 0 bridgehead atoms. The number of aromatic amines is 1. The second-order valence-electron chi connectivity index (χ2n) is 3.38. The van der Waals surface area contributed by atoms with E-state index in [-0.39, 0.29) is 15.9 Å². The first-order valence-electron chi connectivity index (χ1n) is 4.67. The number of carboxylic acid groups (broad SMARTS) is 1. The number of hydrogen-bond acceptors (Lipinski definition) is 3. The van der Waals surface area contributed by atoms with Crippen molar-refractivity contribution in [1.82, 2.24) is 10.3 Å². The highest BCUT2D eigenvalue weighted by molar-refractivity contribution is 6.41. The number of carbonyl (C=O) groups excluding carboxylic acids is 2. The van der Waals surface area contributed by atoms with Gasteiger partial charge in [0.2, 0.25) is 5.91 Å². The van der Waals surface area contributed by atoms with Crippen LogP contribution in [0.15, 0.2) is 6.07 Å². The van der Waals surface area contributed by atoms with E-state index in [1.807, 2.05) is 0 Å². The van der Waals surface area contributed by atoms with Gasteiger partial charge in [0.1, 0.15) is 16.9 Å². The van der Waals surface area contributed by atoms with Gasteiger partial charge in [-0.25, -0.2) is 4.79 Å². The van der Waals surface area contributed by atoms with Crippen LogP contribution in [0.3, 0.4) is 0 Å². The van der Waals surface area contributed by atoms with Gasteiger partial charge >= 0.3 is 5.97 Å². The molecule has 0 fully saturated rings. The van der Waals surface area contributed by atoms with Gasteiger partial charge in [-0.15, -0.1) is 0 Å². The topological polar surface area (TPSA) is 125 Å². The maximum atomic E-state index is 11.6. The molecule has 0 aliphatic rings. The van der Waals surface area contributed by atoms with Gasteiger partial charge in [0, 0.05) is 0 Å². The summed E-state index contributed by atoms with van der Waals surface area (Å²) in [6, 6.07) is -0.168. The zero-order chi connectivity index (χ0) is 13.9. The molecule has 1 aromatic rings. The van der Waals surface area contributed by atoms with Crippen LogP contribution in [-0.4, -0.2) is 33.9 Å². The van der Waals surface area contributed by atoms with Crippen LogP contribution in [0.25, 0.3) is 0 Å². The number of nitrogens with one attached hydrogen (secondary N) is 2. The summed E-state index contributed by atoms with van der Waals surface area (Å²) in [5.41, 5.74) is 4.86. The number of nitrogens with two attached hydrogens (primary N) is 1. The second-order valence-corrected chi connectivity index (χ2v) is 4.16. The lowest BCUT2D eigenvalue weighted by Crippen LogP contribution is -2.43. The molecule has 1 atom stereocenters. The van der Waals surface area contributed by atoms with Crippen molar-refractivity contribution < 1.29 is 19.5 Å². The van der Waals surface area contributed by atoms with Crippen LogP contribution in [-0.2, 0) is 9.59 Å². The third-order valence-electron chi connectivity index (χ3n) is 1.98. The van der Waals surface area contributed by atoms with Crippen LogP contribution in [0.1, 0.15) is 16.9 Å². The number of aromatic nitrogens is 1. The minimum atomic E-state index is -1.41. The molecular formula is C9H9Cl2N3O4. The van der Waals surface area contributed by atoms with Crippen LogP contribution in [0, 0.1) is 0 Å². The number of rotatable bonds is 5. The fourth-order valence-corrected chi connectivity index (χ4v) is 1.48. The average molecular weight is 294 g/mol. The molecular weight excluding hydrogens is 285 g/mol. The lowest BCUT2D eigenvalue weighted by atomic mass is 10.2. The van der Waals surface area contributed by atoms with Gasteiger partial charge < -0.3 is 21.1 Å². The molecule has 0 aliphatic carbocycles. The summed E-state index contributed by atoms with van der Waals surface area (Å²) in [5.74, 6) is -2.96. The van der Waals surface area contributed by atoms with Gasteiger partial charge in [0.25, 0.3) is 5.91 Å². The molecule has 98 valence electrons. The number of hydrogen-bond donors (Lipinski definition) is 4. The molecule has 0 aromatic carbocycles. The Morgan fingerprint density at radius 3 is 2.44 bits per heavy atom. The number of primary amides is 1. The Morgan fingerprint density at radius 2 is 2.06 bits per heavy atom. The Kier molecular flexibility index (Phi) is 4.57. The fraction of sp³-hybridized carbons (Fsp3) is 0.222. The molecule has 1 heterocycles. The van der Waals surface area contributed by atoms with E-state index in [2.05, 4.69) is 10.3 Å². The number of amides is 2. The number of carboxylic acids is 1. The lowest BCUT2D eigenvalue weighted by molar-refractivity contribution is -0.140. The van der Waals surface area contributed by atoms with Crippen molar-refractivity contribution in [1.29, 1.82) is 0 Å². The number of aliphatic carboxylic acids is 1. The minimum Gasteiger partial charge on any atom is -0.480 e. The monoisotopic (exact) mass is 293 g/mol. The molecule has 0 saturated carbocycles. The van der Waals surface area contributed by atoms with Gasteiger partial charge in [-0.2, -0.15) is 0 Å². The molecule has 1 rings (SSSR count). The Hall–Kier alpha value is -1.73. The maximum Gasteiger partial charge on any atom is 0.326 e. The molecule has 9 heteroatoms. The second kappa shape index (κ2) is 5.74. The summed E-state index contributed by atoms with van der Waals surface area (Å²) < 4.78 is 0. The summed E-state index contributed by atoms with van der Waals surface area (Å²) in [7, 11) is 0. The molecule has 0 unspecified atom stereocenters. The zero-order valence-electron chi connectivity index (χ0n) is 8.87. The summed E-state index contributed by atoms with van der Waals surface area (Å²) in [6.45, 7) is 0. The average Bonchev–Trinajstić information content (AvgIpc) is 2.57. The van der Waals surface area contributed by atoms with Crippen LogP contribution in [0.2, 0.25) is 10.2 Å². The van der Waals surface area contributed by atoms with Crippen molar-refractivity contribution in [3.8, 4) is 0 Å². The van der Waals surface area contributed by atoms with Crippen molar-refractivity contribution in [3.63, 3.8) is 0 Å². The van der Waals surface area contributed by atoms with E-state index in [1.165, 1.54) is 6.07 Å². The van der Waals surface area contributed by atoms with Crippen molar-refractivity contribution in [2.45, 2.75) is 12.5 Å². The summed E-state index contributed by atoms with van der Waals surface area (Å²) >= 11 is 11.2. The summed E-state index contributed by atoms with van der Waals surface area (Å²) in [5, 5.41) is 11.1. The Labute approximate surface area is 111 Å².